The van der Waals surface area contributed by atoms with E-state index in [1.54, 1.807) is 0 Å². The first-order valence-corrected chi connectivity index (χ1v) is 16.0. The molecule has 0 saturated carbocycles. The predicted molar refractivity (Wildman–Crippen MR) is 187 cm³/mol. The monoisotopic (exact) mass is 571 g/mol. The molecule has 2 nitrogen and oxygen atoms in total. The van der Waals surface area contributed by atoms with E-state index in [4.69, 9.17) is 4.42 Å². The van der Waals surface area contributed by atoms with Gasteiger partial charge in [-0.05, 0) is 89.4 Å². The summed E-state index contributed by atoms with van der Waals surface area (Å²) in [6.07, 6.45) is 20.7. The van der Waals surface area contributed by atoms with Crippen LogP contribution in [-0.4, -0.2) is 6.04 Å². The second-order valence-corrected chi connectivity index (χ2v) is 12.4. The van der Waals surface area contributed by atoms with Gasteiger partial charge >= 0.3 is 0 Å². The number of fused-ring (bicyclic) bond motifs is 4. The lowest BCUT2D eigenvalue weighted by atomic mass is 9.83. The maximum absolute atomic E-state index is 7.09. The molecule has 1 heterocycles. The molecule has 1 aromatic heterocycles. The van der Waals surface area contributed by atoms with E-state index in [2.05, 4.69) is 146 Å². The number of furan rings is 1. The molecular formula is C42H37NO. The van der Waals surface area contributed by atoms with Gasteiger partial charge in [0.15, 0.2) is 5.58 Å². The minimum atomic E-state index is 0.169. The van der Waals surface area contributed by atoms with Crippen LogP contribution in [0.2, 0.25) is 0 Å². The third-order valence-electron chi connectivity index (χ3n) is 9.54. The molecule has 0 aliphatic heterocycles. The fourth-order valence-electron chi connectivity index (χ4n) is 7.43. The first kappa shape index (κ1) is 26.8. The van der Waals surface area contributed by atoms with Crippen LogP contribution >= 0.6 is 0 Å². The Balaban J connectivity index is 1.36. The molecule has 216 valence electrons. The zero-order chi connectivity index (χ0) is 29.6. The van der Waals surface area contributed by atoms with Crippen LogP contribution in [0.3, 0.4) is 0 Å². The average molecular weight is 572 g/mol. The Morgan fingerprint density at radius 3 is 2.30 bits per heavy atom. The lowest BCUT2D eigenvalue weighted by molar-refractivity contribution is 0.579. The number of anilines is 1. The minimum Gasteiger partial charge on any atom is -0.453 e. The van der Waals surface area contributed by atoms with Crippen LogP contribution in [0, 0.1) is 5.92 Å². The Labute approximate surface area is 259 Å². The first-order chi connectivity index (χ1) is 21.7. The van der Waals surface area contributed by atoms with Crippen LogP contribution in [0.25, 0.3) is 50.8 Å². The molecule has 0 N–H and O–H groups in total. The fraction of sp³-hybridized carbons (Fsp3) is 0.190. The Morgan fingerprint density at radius 2 is 1.52 bits per heavy atom. The van der Waals surface area contributed by atoms with Gasteiger partial charge in [0, 0.05) is 22.0 Å². The topological polar surface area (TPSA) is 16.4 Å². The summed E-state index contributed by atoms with van der Waals surface area (Å²) in [5.74, 6) is 0.303. The van der Waals surface area contributed by atoms with Crippen molar-refractivity contribution in [2.24, 2.45) is 5.92 Å². The zero-order valence-electron chi connectivity index (χ0n) is 25.5. The van der Waals surface area contributed by atoms with E-state index in [0.717, 1.165) is 42.5 Å². The Kier molecular flexibility index (Phi) is 6.71. The van der Waals surface area contributed by atoms with Gasteiger partial charge in [-0.2, -0.15) is 0 Å². The maximum atomic E-state index is 7.09. The number of rotatable bonds is 5. The van der Waals surface area contributed by atoms with Crippen molar-refractivity contribution in [3.8, 4) is 11.1 Å². The summed E-state index contributed by atoms with van der Waals surface area (Å²) >= 11 is 0. The van der Waals surface area contributed by atoms with Crippen LogP contribution in [-0.2, 0) is 0 Å². The van der Waals surface area contributed by atoms with Crippen LogP contribution < -0.4 is 15.3 Å². The molecule has 4 aromatic carbocycles. The van der Waals surface area contributed by atoms with Crippen LogP contribution in [0.5, 0.6) is 0 Å². The van der Waals surface area contributed by atoms with Gasteiger partial charge in [-0.3, -0.25) is 0 Å². The van der Waals surface area contributed by atoms with Gasteiger partial charge < -0.3 is 9.32 Å². The van der Waals surface area contributed by atoms with Crippen molar-refractivity contribution < 1.29 is 4.42 Å². The van der Waals surface area contributed by atoms with E-state index in [9.17, 15) is 0 Å². The predicted octanol–water partition coefficient (Wildman–Crippen LogP) is 9.70. The second-order valence-electron chi connectivity index (χ2n) is 12.4. The van der Waals surface area contributed by atoms with E-state index in [0.29, 0.717) is 5.92 Å². The molecule has 2 unspecified atom stereocenters. The van der Waals surface area contributed by atoms with Gasteiger partial charge in [0.25, 0.3) is 0 Å². The van der Waals surface area contributed by atoms with Crippen molar-refractivity contribution in [2.75, 3.05) is 4.90 Å². The Hall–Kier alpha value is -4.82. The summed E-state index contributed by atoms with van der Waals surface area (Å²) < 4.78 is 7.09. The first-order valence-electron chi connectivity index (χ1n) is 16.0. The molecule has 0 amide bonds. The summed E-state index contributed by atoms with van der Waals surface area (Å²) in [4.78, 5) is 2.57. The Bertz CT molecular complexity index is 2140. The normalized spacial score (nSPS) is 19.5. The van der Waals surface area contributed by atoms with Crippen molar-refractivity contribution in [3.05, 3.63) is 143 Å². The molecule has 5 aromatic rings. The second kappa shape index (κ2) is 11.0. The smallest absolute Gasteiger partial charge is 0.159 e. The zero-order valence-corrected chi connectivity index (χ0v) is 25.5. The third-order valence-corrected chi connectivity index (χ3v) is 9.54. The number of benzene rings is 4. The van der Waals surface area contributed by atoms with Gasteiger partial charge in [-0.1, -0.05) is 116 Å². The van der Waals surface area contributed by atoms with E-state index in [-0.39, 0.29) is 6.04 Å². The molecule has 3 aliphatic carbocycles. The van der Waals surface area contributed by atoms with E-state index in [1.165, 1.54) is 54.7 Å². The molecular weight excluding hydrogens is 534 g/mol. The summed E-state index contributed by atoms with van der Waals surface area (Å²) in [6.45, 7) is 4.62. The quantitative estimate of drug-likeness (QED) is 0.209. The molecule has 0 radical (unpaired) electrons. The third kappa shape index (κ3) is 4.48. The highest BCUT2D eigenvalue weighted by Crippen LogP contribution is 2.43. The number of para-hydroxylation sites is 1. The van der Waals surface area contributed by atoms with Crippen molar-refractivity contribution in [1.82, 2.24) is 0 Å². The molecule has 0 bridgehead atoms. The fourth-order valence-corrected chi connectivity index (χ4v) is 7.43. The number of hydrogen-bond acceptors (Lipinski definition) is 2. The van der Waals surface area contributed by atoms with Gasteiger partial charge in [-0.25, -0.2) is 0 Å². The van der Waals surface area contributed by atoms with Crippen molar-refractivity contribution in [2.45, 2.75) is 45.6 Å². The molecule has 2 heteroatoms. The Morgan fingerprint density at radius 1 is 0.750 bits per heavy atom. The van der Waals surface area contributed by atoms with E-state index < -0.39 is 0 Å². The maximum Gasteiger partial charge on any atom is 0.159 e. The molecule has 0 spiro atoms. The van der Waals surface area contributed by atoms with Gasteiger partial charge in [0.05, 0.1) is 11.7 Å². The molecule has 2 atom stereocenters. The van der Waals surface area contributed by atoms with Crippen LogP contribution in [0.4, 0.5) is 5.69 Å². The highest BCUT2D eigenvalue weighted by molar-refractivity contribution is 6.13. The lowest BCUT2D eigenvalue weighted by Gasteiger charge is -2.39. The van der Waals surface area contributed by atoms with Gasteiger partial charge in [-0.15, -0.1) is 0 Å². The summed E-state index contributed by atoms with van der Waals surface area (Å²) in [7, 11) is 0. The number of hydrogen-bond donors (Lipinski definition) is 0. The average Bonchev–Trinajstić information content (AvgIpc) is 3.45. The van der Waals surface area contributed by atoms with Gasteiger partial charge in [0.2, 0.25) is 0 Å². The molecule has 3 aliphatic rings. The van der Waals surface area contributed by atoms with Crippen LogP contribution in [0.15, 0.2) is 131 Å². The SMILES string of the molecule is CC1=CC(N(C2=CC=CCC2)c2cccc3c2oc2c(-c4ccccc4)c4c(cc23)=CCCC=4)C(C)C=C1c1ccccc1. The largest absolute Gasteiger partial charge is 0.453 e. The van der Waals surface area contributed by atoms with E-state index in [1.807, 2.05) is 0 Å². The van der Waals surface area contributed by atoms with Crippen molar-refractivity contribution >= 4 is 45.4 Å². The van der Waals surface area contributed by atoms with E-state index >= 15 is 0 Å². The standard InChI is InChI=1S/C42H37NO/c1-28-26-39(29(2)25-36(28)30-15-6-3-7-16-30)43(33-20-10-5-11-21-33)38-24-14-23-35-37-27-32-19-12-13-22-34(32)40(42(37)44-41(35)38)31-17-8-4-9-18-31/h3-10,14-20,22-27,29,39H,11-13,21H2,1-2H3. The van der Waals surface area contributed by atoms with Crippen LogP contribution in [0.1, 0.15) is 45.1 Å². The van der Waals surface area contributed by atoms with Crippen molar-refractivity contribution in [3.63, 3.8) is 0 Å². The highest BCUT2D eigenvalue weighted by Gasteiger charge is 2.31. The highest BCUT2D eigenvalue weighted by atomic mass is 16.3. The summed E-state index contributed by atoms with van der Waals surface area (Å²) in [5.41, 5.74) is 10.8. The summed E-state index contributed by atoms with van der Waals surface area (Å²) in [5, 5.41) is 4.98. The minimum absolute atomic E-state index is 0.169. The van der Waals surface area contributed by atoms with Gasteiger partial charge in [0.1, 0.15) is 5.58 Å². The molecule has 8 rings (SSSR count). The molecule has 0 fully saturated rings. The lowest BCUT2D eigenvalue weighted by Crippen LogP contribution is -2.39. The number of allylic oxidation sites excluding steroid dienone is 6. The van der Waals surface area contributed by atoms with Crippen molar-refractivity contribution in [1.29, 1.82) is 0 Å². The molecule has 44 heavy (non-hydrogen) atoms. The summed E-state index contributed by atoms with van der Waals surface area (Å²) in [6, 6.07) is 30.8. The molecule has 0 saturated heterocycles. The number of nitrogens with zero attached hydrogens (tertiary/aromatic N) is 1.